The summed E-state index contributed by atoms with van der Waals surface area (Å²) in [5.74, 6) is -0.488. The Morgan fingerprint density at radius 3 is 2.62 bits per heavy atom. The largest absolute Gasteiger partial charge is 0.378 e. The van der Waals surface area contributed by atoms with Crippen LogP contribution in [-0.2, 0) is 11.2 Å². The maximum absolute atomic E-state index is 12.3. The van der Waals surface area contributed by atoms with E-state index in [4.69, 9.17) is 15.5 Å². The Bertz CT molecular complexity index is 1210. The average Bonchev–Trinajstić information content (AvgIpc) is 3.21. The lowest BCUT2D eigenvalue weighted by atomic mass is 10.0. The number of hydrogen-bond acceptors (Lipinski definition) is 6. The van der Waals surface area contributed by atoms with E-state index < -0.39 is 5.91 Å². The number of nitrogens with two attached hydrogens (primary N) is 1. The van der Waals surface area contributed by atoms with Crippen LogP contribution >= 0.6 is 0 Å². The van der Waals surface area contributed by atoms with E-state index in [1.807, 2.05) is 6.07 Å². The quantitative estimate of drug-likeness (QED) is 0.490. The number of benzene rings is 1. The van der Waals surface area contributed by atoms with Crippen LogP contribution in [0.25, 0.3) is 22.5 Å². The molecule has 1 aromatic carbocycles. The first kappa shape index (κ1) is 20.3. The van der Waals surface area contributed by atoms with Crippen LogP contribution in [0.4, 0.5) is 5.69 Å². The van der Waals surface area contributed by atoms with Crippen molar-refractivity contribution in [3.05, 3.63) is 65.0 Å². The molecule has 162 valence electrons. The summed E-state index contributed by atoms with van der Waals surface area (Å²) in [6.45, 7) is 4.99. The van der Waals surface area contributed by atoms with E-state index in [-0.39, 0.29) is 5.78 Å². The molecule has 1 aliphatic heterocycles. The minimum absolute atomic E-state index is 0.0127. The third kappa shape index (κ3) is 3.54. The molecule has 1 saturated heterocycles. The van der Waals surface area contributed by atoms with Gasteiger partial charge in [-0.05, 0) is 41.5 Å². The molecule has 0 bridgehead atoms. The molecule has 7 heteroatoms. The van der Waals surface area contributed by atoms with E-state index in [0.717, 1.165) is 59.9 Å². The van der Waals surface area contributed by atoms with Crippen molar-refractivity contribution in [3.63, 3.8) is 0 Å². The van der Waals surface area contributed by atoms with Gasteiger partial charge in [-0.15, -0.1) is 0 Å². The smallest absolute Gasteiger partial charge is 0.249 e. The molecule has 0 unspecified atom stereocenters. The number of amides is 1. The number of carbonyl (C=O) groups excluding carboxylic acids is 2. The first-order valence-electron chi connectivity index (χ1n) is 10.8. The molecule has 3 aromatic rings. The van der Waals surface area contributed by atoms with Gasteiger partial charge in [0.25, 0.3) is 0 Å². The molecule has 1 aliphatic carbocycles. The summed E-state index contributed by atoms with van der Waals surface area (Å²) in [6.07, 6.45) is 2.65. The number of aromatic nitrogens is 2. The van der Waals surface area contributed by atoms with Gasteiger partial charge >= 0.3 is 0 Å². The minimum Gasteiger partial charge on any atom is -0.378 e. The van der Waals surface area contributed by atoms with E-state index in [1.54, 1.807) is 25.3 Å². The van der Waals surface area contributed by atoms with Crippen molar-refractivity contribution >= 4 is 17.4 Å². The van der Waals surface area contributed by atoms with Crippen LogP contribution in [0.15, 0.2) is 42.6 Å². The van der Waals surface area contributed by atoms with Gasteiger partial charge in [0.15, 0.2) is 5.78 Å². The SMILES string of the molecule is CCC(=O)c1ccc(-c2cc(C(N)=O)c3c(n2)-c2ccc(N4CCOCC4)cc2C3)cn1. The van der Waals surface area contributed by atoms with Gasteiger partial charge in [0, 0.05) is 54.5 Å². The average molecular weight is 428 g/mol. The zero-order valence-electron chi connectivity index (χ0n) is 17.9. The topological polar surface area (TPSA) is 98.4 Å². The summed E-state index contributed by atoms with van der Waals surface area (Å²) in [7, 11) is 0. The molecule has 2 N–H and O–H groups in total. The summed E-state index contributed by atoms with van der Waals surface area (Å²) in [5.41, 5.74) is 13.0. The number of primary amides is 1. The van der Waals surface area contributed by atoms with E-state index in [0.29, 0.717) is 29.8 Å². The van der Waals surface area contributed by atoms with Gasteiger partial charge < -0.3 is 15.4 Å². The van der Waals surface area contributed by atoms with Gasteiger partial charge in [0.05, 0.1) is 24.6 Å². The maximum atomic E-state index is 12.3. The minimum atomic E-state index is -0.475. The molecule has 2 aliphatic rings. The number of ether oxygens (including phenoxy) is 1. The first-order chi connectivity index (χ1) is 15.5. The van der Waals surface area contributed by atoms with Crippen molar-refractivity contribution < 1.29 is 14.3 Å². The van der Waals surface area contributed by atoms with Gasteiger partial charge in [-0.3, -0.25) is 14.6 Å². The highest BCUT2D eigenvalue weighted by molar-refractivity contribution is 5.99. The number of morpholine rings is 1. The number of ketones is 1. The Kier molecular flexibility index (Phi) is 5.19. The van der Waals surface area contributed by atoms with Crippen LogP contribution in [0.1, 0.15) is 45.3 Å². The third-order valence-electron chi connectivity index (χ3n) is 6.14. The van der Waals surface area contributed by atoms with Crippen LogP contribution in [0, 0.1) is 0 Å². The van der Waals surface area contributed by atoms with Crippen molar-refractivity contribution in [1.82, 2.24) is 9.97 Å². The highest BCUT2D eigenvalue weighted by atomic mass is 16.5. The fourth-order valence-electron chi connectivity index (χ4n) is 4.40. The Morgan fingerprint density at radius 2 is 1.94 bits per heavy atom. The lowest BCUT2D eigenvalue weighted by Gasteiger charge is -2.29. The van der Waals surface area contributed by atoms with E-state index in [2.05, 4.69) is 28.1 Å². The lowest BCUT2D eigenvalue weighted by molar-refractivity contribution is 0.0980. The molecule has 32 heavy (non-hydrogen) atoms. The standard InChI is InChI=1S/C25H24N4O3/c1-2-23(30)21-6-3-15(14-27-21)22-13-20(25(26)31)19-12-16-11-17(29-7-9-32-10-8-29)4-5-18(16)24(19)28-22/h3-6,11,13-14H,2,7-10,12H2,1H3,(H2,26,31). The van der Waals surface area contributed by atoms with E-state index in [1.165, 1.54) is 0 Å². The predicted molar refractivity (Wildman–Crippen MR) is 122 cm³/mol. The van der Waals surface area contributed by atoms with Crippen molar-refractivity contribution in [2.75, 3.05) is 31.2 Å². The van der Waals surface area contributed by atoms with Crippen LogP contribution in [0.5, 0.6) is 0 Å². The molecule has 0 saturated carbocycles. The normalized spacial score (nSPS) is 14.7. The van der Waals surface area contributed by atoms with Gasteiger partial charge in [-0.2, -0.15) is 0 Å². The second-order valence-corrected chi connectivity index (χ2v) is 8.07. The van der Waals surface area contributed by atoms with Crippen molar-refractivity contribution in [2.45, 2.75) is 19.8 Å². The Labute approximate surface area is 186 Å². The van der Waals surface area contributed by atoms with Gasteiger partial charge in [-0.25, -0.2) is 4.98 Å². The van der Waals surface area contributed by atoms with Crippen molar-refractivity contribution in [3.8, 4) is 22.5 Å². The van der Waals surface area contributed by atoms with Crippen LogP contribution in [0.2, 0.25) is 0 Å². The summed E-state index contributed by atoms with van der Waals surface area (Å²) < 4.78 is 5.46. The van der Waals surface area contributed by atoms with Crippen molar-refractivity contribution in [2.24, 2.45) is 5.73 Å². The Balaban J connectivity index is 1.55. The molecule has 1 fully saturated rings. The molecular weight excluding hydrogens is 404 g/mol. The number of nitrogens with zero attached hydrogens (tertiary/aromatic N) is 3. The fraction of sp³-hybridized carbons (Fsp3) is 0.280. The molecule has 5 rings (SSSR count). The molecule has 1 amide bonds. The molecule has 3 heterocycles. The van der Waals surface area contributed by atoms with Gasteiger partial charge in [0.1, 0.15) is 5.69 Å². The molecular formula is C25H24N4O3. The highest BCUT2D eigenvalue weighted by Gasteiger charge is 2.27. The molecule has 0 atom stereocenters. The summed E-state index contributed by atoms with van der Waals surface area (Å²) in [4.78, 5) is 35.7. The number of rotatable bonds is 5. The molecule has 0 spiro atoms. The first-order valence-corrected chi connectivity index (χ1v) is 10.8. The zero-order valence-corrected chi connectivity index (χ0v) is 17.9. The summed E-state index contributed by atoms with van der Waals surface area (Å²) in [5, 5.41) is 0. The molecule has 7 nitrogen and oxygen atoms in total. The monoisotopic (exact) mass is 428 g/mol. The summed E-state index contributed by atoms with van der Waals surface area (Å²) >= 11 is 0. The summed E-state index contributed by atoms with van der Waals surface area (Å²) in [6, 6.07) is 11.6. The third-order valence-corrected chi connectivity index (χ3v) is 6.14. The lowest BCUT2D eigenvalue weighted by Crippen LogP contribution is -2.36. The highest BCUT2D eigenvalue weighted by Crippen LogP contribution is 2.40. The van der Waals surface area contributed by atoms with Crippen LogP contribution in [0.3, 0.4) is 0 Å². The number of pyridine rings is 2. The van der Waals surface area contributed by atoms with Crippen LogP contribution < -0.4 is 10.6 Å². The fourth-order valence-corrected chi connectivity index (χ4v) is 4.40. The predicted octanol–water partition coefficient (Wildman–Crippen LogP) is 3.24. The molecule has 0 radical (unpaired) electrons. The van der Waals surface area contributed by atoms with E-state index >= 15 is 0 Å². The van der Waals surface area contributed by atoms with Gasteiger partial charge in [0.2, 0.25) is 5.91 Å². The van der Waals surface area contributed by atoms with Gasteiger partial charge in [-0.1, -0.05) is 13.0 Å². The molecule has 2 aromatic heterocycles. The van der Waals surface area contributed by atoms with Crippen LogP contribution in [-0.4, -0.2) is 48.0 Å². The maximum Gasteiger partial charge on any atom is 0.249 e. The second kappa shape index (κ2) is 8.16. The number of fused-ring (bicyclic) bond motifs is 3. The Morgan fingerprint density at radius 1 is 1.12 bits per heavy atom. The zero-order chi connectivity index (χ0) is 22.2. The Hall–Kier alpha value is -3.58. The number of anilines is 1. The van der Waals surface area contributed by atoms with Crippen molar-refractivity contribution in [1.29, 1.82) is 0 Å². The number of Topliss-reactive ketones (excluding diaryl/α,β-unsaturated/α-hetero) is 1. The number of carbonyl (C=O) groups is 2. The number of hydrogen-bond donors (Lipinski definition) is 1. The second-order valence-electron chi connectivity index (χ2n) is 8.07. The van der Waals surface area contributed by atoms with E-state index in [9.17, 15) is 9.59 Å².